The highest BCUT2D eigenvalue weighted by atomic mass is 32.1. The fraction of sp³-hybridized carbons (Fsp3) is 0.200. The van der Waals surface area contributed by atoms with E-state index >= 15 is 0 Å². The number of hydrogen-bond donors (Lipinski definition) is 1. The van der Waals surface area contributed by atoms with Crippen molar-refractivity contribution in [2.45, 2.75) is 33.4 Å². The fourth-order valence-corrected chi connectivity index (χ4v) is 4.29. The van der Waals surface area contributed by atoms with Gasteiger partial charge in [-0.3, -0.25) is 0 Å². The summed E-state index contributed by atoms with van der Waals surface area (Å²) in [5.74, 6) is 0.882. The molecule has 31 heavy (non-hydrogen) atoms. The Morgan fingerprint density at radius 2 is 2.00 bits per heavy atom. The van der Waals surface area contributed by atoms with Crippen molar-refractivity contribution in [3.8, 4) is 16.3 Å². The number of allylic oxidation sites excluding steroid dienone is 2. The van der Waals surface area contributed by atoms with Gasteiger partial charge in [0, 0.05) is 30.5 Å². The minimum Gasteiger partial charge on any atom is -0.351 e. The van der Waals surface area contributed by atoms with Gasteiger partial charge in [0.2, 0.25) is 5.95 Å². The smallest absolute Gasteiger partial charge is 0.203 e. The van der Waals surface area contributed by atoms with Crippen molar-refractivity contribution < 1.29 is 0 Å². The van der Waals surface area contributed by atoms with Crippen LogP contribution in [-0.2, 0) is 13.1 Å². The summed E-state index contributed by atoms with van der Waals surface area (Å²) in [5.41, 5.74) is 5.31. The van der Waals surface area contributed by atoms with Crippen molar-refractivity contribution in [2.75, 3.05) is 5.32 Å². The molecule has 0 saturated carbocycles. The molecule has 0 fully saturated rings. The number of thiophene rings is 1. The Hall–Kier alpha value is -3.38. The predicted octanol–water partition coefficient (Wildman–Crippen LogP) is 6.33. The van der Waals surface area contributed by atoms with Crippen molar-refractivity contribution >= 4 is 23.4 Å². The SMILES string of the molecule is C=C/C=C\c1nc(NCc2cn(-c3ccccc3)nc2-c2cccs2)n(CCC)c1C. The summed E-state index contributed by atoms with van der Waals surface area (Å²) in [7, 11) is 0. The molecule has 0 amide bonds. The zero-order chi connectivity index (χ0) is 21.6. The highest BCUT2D eigenvalue weighted by Gasteiger charge is 2.16. The normalized spacial score (nSPS) is 11.3. The maximum absolute atomic E-state index is 4.89. The van der Waals surface area contributed by atoms with Gasteiger partial charge in [-0.15, -0.1) is 11.3 Å². The third-order valence-corrected chi connectivity index (χ3v) is 5.97. The maximum atomic E-state index is 4.89. The van der Waals surface area contributed by atoms with E-state index in [-0.39, 0.29) is 0 Å². The number of benzene rings is 1. The van der Waals surface area contributed by atoms with Crippen molar-refractivity contribution in [1.82, 2.24) is 19.3 Å². The molecule has 5 nitrogen and oxygen atoms in total. The minimum atomic E-state index is 0.644. The monoisotopic (exact) mass is 429 g/mol. The van der Waals surface area contributed by atoms with Crippen LogP contribution in [0.5, 0.6) is 0 Å². The van der Waals surface area contributed by atoms with E-state index in [9.17, 15) is 0 Å². The van der Waals surface area contributed by atoms with Crippen LogP contribution in [0.4, 0.5) is 5.95 Å². The minimum absolute atomic E-state index is 0.644. The van der Waals surface area contributed by atoms with Gasteiger partial charge in [-0.05, 0) is 43.0 Å². The largest absolute Gasteiger partial charge is 0.351 e. The first-order valence-electron chi connectivity index (χ1n) is 10.5. The lowest BCUT2D eigenvalue weighted by Crippen LogP contribution is -2.08. The summed E-state index contributed by atoms with van der Waals surface area (Å²) < 4.78 is 4.20. The molecule has 0 aliphatic rings. The summed E-state index contributed by atoms with van der Waals surface area (Å²) >= 11 is 1.70. The molecule has 0 spiro atoms. The Labute approximate surface area is 187 Å². The van der Waals surface area contributed by atoms with Crippen molar-refractivity contribution in [3.63, 3.8) is 0 Å². The molecular weight excluding hydrogens is 402 g/mol. The number of nitrogens with one attached hydrogen (secondary N) is 1. The van der Waals surface area contributed by atoms with Gasteiger partial charge in [0.1, 0.15) is 5.69 Å². The molecule has 3 heterocycles. The Bertz CT molecular complexity index is 1170. The summed E-state index contributed by atoms with van der Waals surface area (Å²) in [5, 5.41) is 10.5. The lowest BCUT2D eigenvalue weighted by atomic mass is 10.2. The number of rotatable bonds is 9. The molecule has 158 valence electrons. The molecule has 3 aromatic heterocycles. The number of hydrogen-bond acceptors (Lipinski definition) is 4. The topological polar surface area (TPSA) is 47.7 Å². The second-order valence-electron chi connectivity index (χ2n) is 7.27. The van der Waals surface area contributed by atoms with E-state index in [1.54, 1.807) is 17.4 Å². The summed E-state index contributed by atoms with van der Waals surface area (Å²) in [4.78, 5) is 5.99. The first kappa shape index (κ1) is 20.9. The second-order valence-corrected chi connectivity index (χ2v) is 8.21. The highest BCUT2D eigenvalue weighted by Crippen LogP contribution is 2.28. The van der Waals surface area contributed by atoms with Gasteiger partial charge >= 0.3 is 0 Å². The van der Waals surface area contributed by atoms with E-state index in [1.807, 2.05) is 35.0 Å². The molecule has 1 aromatic carbocycles. The van der Waals surface area contributed by atoms with Crippen molar-refractivity contribution in [1.29, 1.82) is 0 Å². The van der Waals surface area contributed by atoms with Crippen LogP contribution in [0.1, 0.15) is 30.3 Å². The second kappa shape index (κ2) is 9.62. The summed E-state index contributed by atoms with van der Waals surface area (Å²) in [6.07, 6.45) is 8.85. The molecule has 1 N–H and O–H groups in total. The van der Waals surface area contributed by atoms with Crippen LogP contribution in [0, 0.1) is 6.92 Å². The summed E-state index contributed by atoms with van der Waals surface area (Å²) in [6.45, 7) is 9.62. The number of imidazole rings is 1. The van der Waals surface area contributed by atoms with Crippen molar-refractivity contribution in [2.24, 2.45) is 0 Å². The average molecular weight is 430 g/mol. The van der Waals surface area contributed by atoms with Gasteiger partial charge in [-0.2, -0.15) is 5.10 Å². The van der Waals surface area contributed by atoms with Crippen LogP contribution in [0.25, 0.3) is 22.3 Å². The molecule has 6 heteroatoms. The Balaban J connectivity index is 1.66. The van der Waals surface area contributed by atoms with Gasteiger partial charge in [0.15, 0.2) is 0 Å². The quantitative estimate of drug-likeness (QED) is 0.316. The fourth-order valence-electron chi connectivity index (χ4n) is 3.55. The van der Waals surface area contributed by atoms with Gasteiger partial charge in [0.05, 0.1) is 16.3 Å². The lowest BCUT2D eigenvalue weighted by molar-refractivity contribution is 0.665. The number of anilines is 1. The van der Waals surface area contributed by atoms with E-state index in [1.165, 1.54) is 0 Å². The molecule has 0 aliphatic heterocycles. The number of nitrogens with zero attached hydrogens (tertiary/aromatic N) is 4. The number of aromatic nitrogens is 4. The van der Waals surface area contributed by atoms with Crippen LogP contribution in [0.2, 0.25) is 0 Å². The Morgan fingerprint density at radius 3 is 2.71 bits per heavy atom. The van der Waals surface area contributed by atoms with Gasteiger partial charge < -0.3 is 9.88 Å². The standard InChI is InChI=1S/C25H27N5S/c1-4-6-13-22-19(3)29(15-5-2)25(27-22)26-17-20-18-30(21-11-8-7-9-12-21)28-24(20)23-14-10-16-31-23/h4,6-14,16,18H,1,5,15,17H2,2-3H3,(H,26,27)/b13-6-. The molecular formula is C25H27N5S. The third kappa shape index (κ3) is 4.54. The van der Waals surface area contributed by atoms with E-state index in [0.29, 0.717) is 6.54 Å². The first-order valence-corrected chi connectivity index (χ1v) is 11.4. The van der Waals surface area contributed by atoms with Crippen LogP contribution < -0.4 is 5.32 Å². The Morgan fingerprint density at radius 1 is 1.16 bits per heavy atom. The number of para-hydroxylation sites is 1. The van der Waals surface area contributed by atoms with Crippen molar-refractivity contribution in [3.05, 3.63) is 89.7 Å². The summed E-state index contributed by atoms with van der Waals surface area (Å²) in [6, 6.07) is 14.4. The molecule has 0 saturated heterocycles. The van der Waals surface area contributed by atoms with Crippen LogP contribution >= 0.6 is 11.3 Å². The zero-order valence-corrected chi connectivity index (χ0v) is 18.8. The van der Waals surface area contributed by atoms with E-state index in [4.69, 9.17) is 10.1 Å². The van der Waals surface area contributed by atoms with E-state index in [0.717, 1.165) is 52.1 Å². The van der Waals surface area contributed by atoms with Gasteiger partial charge in [0.25, 0.3) is 0 Å². The lowest BCUT2D eigenvalue weighted by Gasteiger charge is -2.10. The molecule has 0 aliphatic carbocycles. The highest BCUT2D eigenvalue weighted by molar-refractivity contribution is 7.13. The van der Waals surface area contributed by atoms with E-state index in [2.05, 4.69) is 66.2 Å². The average Bonchev–Trinajstić information content (AvgIpc) is 3.52. The van der Waals surface area contributed by atoms with Crippen LogP contribution in [0.15, 0.2) is 72.8 Å². The zero-order valence-electron chi connectivity index (χ0n) is 18.0. The first-order chi connectivity index (χ1) is 15.2. The van der Waals surface area contributed by atoms with Crippen LogP contribution in [0.3, 0.4) is 0 Å². The molecule has 0 radical (unpaired) electrons. The molecule has 0 atom stereocenters. The van der Waals surface area contributed by atoms with Gasteiger partial charge in [-0.25, -0.2) is 9.67 Å². The molecule has 4 aromatic rings. The Kier molecular flexibility index (Phi) is 6.48. The molecule has 0 unspecified atom stereocenters. The van der Waals surface area contributed by atoms with E-state index < -0.39 is 0 Å². The molecule has 4 rings (SSSR count). The maximum Gasteiger partial charge on any atom is 0.203 e. The molecule has 0 bridgehead atoms. The predicted molar refractivity (Wildman–Crippen MR) is 131 cm³/mol. The third-order valence-electron chi connectivity index (χ3n) is 5.10. The van der Waals surface area contributed by atoms with Crippen LogP contribution in [-0.4, -0.2) is 19.3 Å². The van der Waals surface area contributed by atoms with Gasteiger partial charge in [-0.1, -0.05) is 49.9 Å².